The van der Waals surface area contributed by atoms with Crippen molar-refractivity contribution in [1.29, 1.82) is 0 Å². The van der Waals surface area contributed by atoms with Gasteiger partial charge >= 0.3 is 0 Å². The summed E-state index contributed by atoms with van der Waals surface area (Å²) in [7, 11) is 0. The fourth-order valence-corrected chi connectivity index (χ4v) is 4.41. The van der Waals surface area contributed by atoms with E-state index in [1.807, 2.05) is 12.1 Å². The smallest absolute Gasteiger partial charge is 0.256 e. The molecular weight excluding hydrogens is 392 g/mol. The average molecular weight is 415 g/mol. The minimum absolute atomic E-state index is 0.149. The van der Waals surface area contributed by atoms with Crippen LogP contribution in [0.1, 0.15) is 28.8 Å². The Balaban J connectivity index is 1.53. The van der Waals surface area contributed by atoms with Crippen molar-refractivity contribution in [2.45, 2.75) is 19.4 Å². The molecule has 30 heavy (non-hydrogen) atoms. The zero-order valence-corrected chi connectivity index (χ0v) is 16.4. The quantitative estimate of drug-likeness (QED) is 0.833. The fourth-order valence-electron chi connectivity index (χ4n) is 4.41. The molecule has 6 nitrogen and oxygen atoms in total. The first-order valence-corrected chi connectivity index (χ1v) is 9.97. The molecule has 0 aliphatic carbocycles. The molecule has 158 valence electrons. The van der Waals surface area contributed by atoms with E-state index in [-0.39, 0.29) is 18.0 Å². The Labute approximate surface area is 173 Å². The summed E-state index contributed by atoms with van der Waals surface area (Å²) in [6, 6.07) is 6.47. The van der Waals surface area contributed by atoms with E-state index < -0.39 is 28.9 Å². The van der Waals surface area contributed by atoms with Crippen LogP contribution in [0.25, 0.3) is 0 Å². The largest absolute Gasteiger partial charge is 0.381 e. The van der Waals surface area contributed by atoms with Crippen LogP contribution in [-0.4, -0.2) is 48.0 Å². The maximum absolute atomic E-state index is 14.2. The van der Waals surface area contributed by atoms with Crippen molar-refractivity contribution in [3.8, 4) is 0 Å². The third-order valence-electron chi connectivity index (χ3n) is 6.12. The highest BCUT2D eigenvalue weighted by molar-refractivity contribution is 5.95. The monoisotopic (exact) mass is 415 g/mol. The van der Waals surface area contributed by atoms with E-state index in [1.54, 1.807) is 12.4 Å². The van der Waals surface area contributed by atoms with Gasteiger partial charge in [0.15, 0.2) is 0 Å². The number of pyridine rings is 1. The molecule has 2 fully saturated rings. The highest BCUT2D eigenvalue weighted by atomic mass is 19.1. The highest BCUT2D eigenvalue weighted by Crippen LogP contribution is 2.45. The number of ether oxygens (including phenoxy) is 1. The average Bonchev–Trinajstić information content (AvgIpc) is 3.13. The molecule has 2 saturated heterocycles. The van der Waals surface area contributed by atoms with Crippen molar-refractivity contribution < 1.29 is 23.1 Å². The number of carbonyl (C=O) groups is 2. The van der Waals surface area contributed by atoms with Crippen molar-refractivity contribution in [2.75, 3.05) is 26.3 Å². The van der Waals surface area contributed by atoms with Gasteiger partial charge in [-0.3, -0.25) is 14.6 Å². The van der Waals surface area contributed by atoms with Crippen LogP contribution in [0.4, 0.5) is 8.78 Å². The van der Waals surface area contributed by atoms with E-state index in [9.17, 15) is 18.4 Å². The molecule has 2 aliphatic rings. The van der Waals surface area contributed by atoms with Crippen LogP contribution in [0.15, 0.2) is 42.7 Å². The molecule has 2 aliphatic heterocycles. The normalized spacial score (nSPS) is 20.3. The van der Waals surface area contributed by atoms with Crippen molar-refractivity contribution >= 4 is 11.8 Å². The topological polar surface area (TPSA) is 71.5 Å². The van der Waals surface area contributed by atoms with Gasteiger partial charge in [0.05, 0.1) is 11.5 Å². The fraction of sp³-hybridized carbons (Fsp3) is 0.409. The van der Waals surface area contributed by atoms with Crippen LogP contribution >= 0.6 is 0 Å². The van der Waals surface area contributed by atoms with Crippen LogP contribution in [-0.2, 0) is 16.1 Å². The number of hydrogen-bond donors (Lipinski definition) is 1. The molecule has 1 atom stereocenters. The van der Waals surface area contributed by atoms with Gasteiger partial charge in [-0.2, -0.15) is 0 Å². The Morgan fingerprint density at radius 2 is 1.90 bits per heavy atom. The lowest BCUT2D eigenvalue weighted by atomic mass is 9.71. The lowest BCUT2D eigenvalue weighted by molar-refractivity contribution is -0.130. The predicted molar refractivity (Wildman–Crippen MR) is 104 cm³/mol. The first-order chi connectivity index (χ1) is 14.5. The Kier molecular flexibility index (Phi) is 5.76. The predicted octanol–water partition coefficient (Wildman–Crippen LogP) is 2.55. The molecule has 1 aromatic carbocycles. The molecule has 1 N–H and O–H groups in total. The van der Waals surface area contributed by atoms with E-state index in [1.165, 1.54) is 4.90 Å². The van der Waals surface area contributed by atoms with Gasteiger partial charge in [-0.15, -0.1) is 0 Å². The summed E-state index contributed by atoms with van der Waals surface area (Å²) in [5.74, 6) is -2.63. The van der Waals surface area contributed by atoms with Gasteiger partial charge in [-0.25, -0.2) is 8.78 Å². The zero-order valence-electron chi connectivity index (χ0n) is 16.4. The van der Waals surface area contributed by atoms with Crippen molar-refractivity contribution in [3.63, 3.8) is 0 Å². The maximum Gasteiger partial charge on any atom is 0.256 e. The van der Waals surface area contributed by atoms with Crippen LogP contribution in [0, 0.1) is 23.0 Å². The molecule has 0 bridgehead atoms. The number of benzene rings is 1. The van der Waals surface area contributed by atoms with Gasteiger partial charge in [0.25, 0.3) is 5.91 Å². The summed E-state index contributed by atoms with van der Waals surface area (Å²) >= 11 is 0. The molecule has 1 aromatic heterocycles. The van der Waals surface area contributed by atoms with Gasteiger partial charge in [0.2, 0.25) is 5.91 Å². The minimum Gasteiger partial charge on any atom is -0.381 e. The van der Waals surface area contributed by atoms with E-state index >= 15 is 0 Å². The van der Waals surface area contributed by atoms with E-state index in [0.29, 0.717) is 39.1 Å². The number of amides is 2. The Bertz CT molecular complexity index is 932. The SMILES string of the molecule is O=C(NCc1ccncc1)C1CN(C(=O)c2cc(F)ccc2F)CC12CCOCC2. The van der Waals surface area contributed by atoms with Crippen molar-refractivity contribution in [1.82, 2.24) is 15.2 Å². The second kappa shape index (κ2) is 8.47. The number of nitrogens with one attached hydrogen (secondary N) is 1. The second-order valence-electron chi connectivity index (χ2n) is 7.91. The summed E-state index contributed by atoms with van der Waals surface area (Å²) in [6.07, 6.45) is 4.58. The summed E-state index contributed by atoms with van der Waals surface area (Å²) in [6.45, 7) is 1.85. The standard InChI is InChI=1S/C22H23F2N3O3/c23-16-1-2-19(24)17(11-16)21(29)27-13-18(22(14-27)5-9-30-10-6-22)20(28)26-12-15-3-7-25-8-4-15/h1-4,7-8,11,18H,5-6,9-10,12-14H2,(H,26,28). The summed E-state index contributed by atoms with van der Waals surface area (Å²) < 4.78 is 33.2. The third kappa shape index (κ3) is 4.05. The van der Waals surface area contributed by atoms with Crippen LogP contribution in [0.5, 0.6) is 0 Å². The van der Waals surface area contributed by atoms with Crippen LogP contribution in [0.3, 0.4) is 0 Å². The number of nitrogens with zero attached hydrogens (tertiary/aromatic N) is 2. The molecule has 2 aromatic rings. The van der Waals surface area contributed by atoms with E-state index in [4.69, 9.17) is 4.74 Å². The molecule has 1 unspecified atom stereocenters. The number of rotatable bonds is 4. The lowest BCUT2D eigenvalue weighted by Crippen LogP contribution is -2.44. The maximum atomic E-state index is 14.2. The molecule has 4 rings (SSSR count). The van der Waals surface area contributed by atoms with Crippen LogP contribution in [0.2, 0.25) is 0 Å². The molecule has 8 heteroatoms. The summed E-state index contributed by atoms with van der Waals surface area (Å²) in [5.41, 5.74) is 0.183. The van der Waals surface area contributed by atoms with Gasteiger partial charge in [-0.05, 0) is 48.7 Å². The van der Waals surface area contributed by atoms with E-state index in [0.717, 1.165) is 23.8 Å². The second-order valence-corrected chi connectivity index (χ2v) is 7.91. The summed E-state index contributed by atoms with van der Waals surface area (Å²) in [4.78, 5) is 31.5. The highest BCUT2D eigenvalue weighted by Gasteiger charge is 2.51. The zero-order chi connectivity index (χ0) is 21.1. The summed E-state index contributed by atoms with van der Waals surface area (Å²) in [5, 5.41) is 2.95. The minimum atomic E-state index is -0.770. The number of aromatic nitrogens is 1. The Morgan fingerprint density at radius 1 is 1.17 bits per heavy atom. The molecule has 0 radical (unpaired) electrons. The number of hydrogen-bond acceptors (Lipinski definition) is 4. The van der Waals surface area contributed by atoms with Crippen molar-refractivity contribution in [2.24, 2.45) is 11.3 Å². The van der Waals surface area contributed by atoms with Gasteiger partial charge in [-0.1, -0.05) is 0 Å². The van der Waals surface area contributed by atoms with Crippen molar-refractivity contribution in [3.05, 3.63) is 65.5 Å². The van der Waals surface area contributed by atoms with Gasteiger partial charge < -0.3 is 15.0 Å². The van der Waals surface area contributed by atoms with Gasteiger partial charge in [0.1, 0.15) is 11.6 Å². The van der Waals surface area contributed by atoms with Crippen LogP contribution < -0.4 is 5.32 Å². The third-order valence-corrected chi connectivity index (χ3v) is 6.12. The number of halogens is 2. The first kappa shape index (κ1) is 20.4. The lowest BCUT2D eigenvalue weighted by Gasteiger charge is -2.37. The molecule has 2 amide bonds. The van der Waals surface area contributed by atoms with E-state index in [2.05, 4.69) is 10.3 Å². The van der Waals surface area contributed by atoms with Gasteiger partial charge in [0, 0.05) is 50.7 Å². The molecule has 0 saturated carbocycles. The molecule has 1 spiro atoms. The molecule has 3 heterocycles. The number of likely N-dealkylation sites (tertiary alicyclic amines) is 1. The Morgan fingerprint density at radius 3 is 2.63 bits per heavy atom. The first-order valence-electron chi connectivity index (χ1n) is 9.97. The Hall–Kier alpha value is -2.87. The molecular formula is C22H23F2N3O3. The number of carbonyl (C=O) groups excluding carboxylic acids is 2.